The van der Waals surface area contributed by atoms with Crippen molar-refractivity contribution in [3.8, 4) is 0 Å². The van der Waals surface area contributed by atoms with Gasteiger partial charge in [0.05, 0.1) is 4.47 Å². The molecule has 4 heteroatoms. The molecule has 1 atom stereocenters. The second kappa shape index (κ2) is 6.83. The Morgan fingerprint density at radius 2 is 1.95 bits per heavy atom. The highest BCUT2D eigenvalue weighted by atomic mass is 79.9. The minimum atomic E-state index is -0.218. The molecule has 0 aliphatic heterocycles. The van der Waals surface area contributed by atoms with E-state index in [1.54, 1.807) is 6.07 Å². The minimum absolute atomic E-state index is 0.154. The predicted molar refractivity (Wildman–Crippen MR) is 88.5 cm³/mol. The number of hydrogen-bond acceptors (Lipinski definition) is 1. The van der Waals surface area contributed by atoms with Gasteiger partial charge in [-0.1, -0.05) is 34.1 Å². The van der Waals surface area contributed by atoms with E-state index < -0.39 is 0 Å². The molecule has 0 heterocycles. The summed E-state index contributed by atoms with van der Waals surface area (Å²) in [6, 6.07) is 11.6. The van der Waals surface area contributed by atoms with E-state index >= 15 is 0 Å². The van der Waals surface area contributed by atoms with Crippen molar-refractivity contribution >= 4 is 31.9 Å². The fraction of sp³-hybridized carbons (Fsp3) is 0.250. The Labute approximate surface area is 135 Å². The van der Waals surface area contributed by atoms with E-state index in [0.29, 0.717) is 4.47 Å². The number of nitrogens with one attached hydrogen (secondary N) is 1. The summed E-state index contributed by atoms with van der Waals surface area (Å²) in [5.74, 6) is -0.218. The van der Waals surface area contributed by atoms with Crippen LogP contribution in [0.4, 0.5) is 4.39 Å². The number of likely N-dealkylation sites (N-methyl/N-ethyl adjacent to an activating group) is 1. The fourth-order valence-corrected chi connectivity index (χ4v) is 3.23. The second-order valence-corrected chi connectivity index (χ2v) is 6.47. The second-order valence-electron chi connectivity index (χ2n) is 4.76. The van der Waals surface area contributed by atoms with Crippen molar-refractivity contribution < 1.29 is 4.39 Å². The summed E-state index contributed by atoms with van der Waals surface area (Å²) < 4.78 is 15.2. The van der Waals surface area contributed by atoms with Crippen molar-refractivity contribution in [2.24, 2.45) is 0 Å². The molecule has 0 radical (unpaired) electrons. The van der Waals surface area contributed by atoms with Gasteiger partial charge in [0.2, 0.25) is 0 Å². The quantitative estimate of drug-likeness (QED) is 0.747. The molecular weight excluding hydrogens is 385 g/mol. The summed E-state index contributed by atoms with van der Waals surface area (Å²) in [6.45, 7) is 2.09. The van der Waals surface area contributed by atoms with Crippen LogP contribution < -0.4 is 5.32 Å². The van der Waals surface area contributed by atoms with Gasteiger partial charge in [-0.2, -0.15) is 0 Å². The molecule has 20 heavy (non-hydrogen) atoms. The first-order valence-electron chi connectivity index (χ1n) is 6.39. The Balaban J connectivity index is 2.31. The average Bonchev–Trinajstić information content (AvgIpc) is 2.41. The van der Waals surface area contributed by atoms with Gasteiger partial charge in [0.1, 0.15) is 5.82 Å². The molecule has 0 saturated carbocycles. The summed E-state index contributed by atoms with van der Waals surface area (Å²) in [4.78, 5) is 0. The monoisotopic (exact) mass is 399 g/mol. The van der Waals surface area contributed by atoms with Crippen LogP contribution >= 0.6 is 31.9 Å². The van der Waals surface area contributed by atoms with Crippen molar-refractivity contribution in [2.45, 2.75) is 19.4 Å². The van der Waals surface area contributed by atoms with Crippen LogP contribution in [-0.2, 0) is 6.42 Å². The first-order valence-corrected chi connectivity index (χ1v) is 7.97. The van der Waals surface area contributed by atoms with Gasteiger partial charge in [-0.25, -0.2) is 4.39 Å². The van der Waals surface area contributed by atoms with Crippen molar-refractivity contribution in [3.05, 3.63) is 67.9 Å². The summed E-state index contributed by atoms with van der Waals surface area (Å²) in [5.41, 5.74) is 3.41. The first-order chi connectivity index (χ1) is 9.52. The number of hydrogen-bond donors (Lipinski definition) is 1. The molecule has 106 valence electrons. The van der Waals surface area contributed by atoms with E-state index in [4.69, 9.17) is 0 Å². The molecule has 1 unspecified atom stereocenters. The van der Waals surface area contributed by atoms with E-state index in [2.05, 4.69) is 56.2 Å². The lowest BCUT2D eigenvalue weighted by Gasteiger charge is -2.20. The van der Waals surface area contributed by atoms with E-state index in [9.17, 15) is 4.39 Å². The highest BCUT2D eigenvalue weighted by molar-refractivity contribution is 9.10. The molecule has 0 fully saturated rings. The molecule has 1 N–H and O–H groups in total. The van der Waals surface area contributed by atoms with Crippen LogP contribution in [0, 0.1) is 12.7 Å². The van der Waals surface area contributed by atoms with Gasteiger partial charge in [-0.15, -0.1) is 0 Å². The maximum Gasteiger partial charge on any atom is 0.137 e. The van der Waals surface area contributed by atoms with Gasteiger partial charge >= 0.3 is 0 Å². The average molecular weight is 401 g/mol. The molecule has 0 saturated heterocycles. The molecule has 0 aromatic heterocycles. The number of benzene rings is 2. The molecule has 2 rings (SSSR count). The molecule has 0 bridgehead atoms. The lowest BCUT2D eigenvalue weighted by atomic mass is 9.95. The third-order valence-electron chi connectivity index (χ3n) is 3.41. The maximum atomic E-state index is 13.6. The number of halogens is 3. The van der Waals surface area contributed by atoms with Gasteiger partial charge in [-0.05, 0) is 71.2 Å². The van der Waals surface area contributed by atoms with Crippen molar-refractivity contribution in [1.82, 2.24) is 5.32 Å². The Kier molecular flexibility index (Phi) is 5.35. The van der Waals surface area contributed by atoms with Crippen molar-refractivity contribution in [1.29, 1.82) is 0 Å². The van der Waals surface area contributed by atoms with Crippen LogP contribution in [0.1, 0.15) is 22.7 Å². The zero-order valence-electron chi connectivity index (χ0n) is 11.4. The Morgan fingerprint density at radius 1 is 1.20 bits per heavy atom. The first kappa shape index (κ1) is 15.7. The Hall–Kier alpha value is -0.710. The lowest BCUT2D eigenvalue weighted by molar-refractivity contribution is 0.578. The van der Waals surface area contributed by atoms with Gasteiger partial charge in [0.15, 0.2) is 0 Å². The van der Waals surface area contributed by atoms with Crippen LogP contribution in [0.5, 0.6) is 0 Å². The lowest BCUT2D eigenvalue weighted by Crippen LogP contribution is -2.20. The molecule has 2 aromatic rings. The smallest absolute Gasteiger partial charge is 0.137 e. The fourth-order valence-electron chi connectivity index (χ4n) is 2.32. The maximum absolute atomic E-state index is 13.6. The van der Waals surface area contributed by atoms with Gasteiger partial charge in [-0.3, -0.25) is 0 Å². The molecular formula is C16H16Br2FN. The summed E-state index contributed by atoms with van der Waals surface area (Å²) in [5, 5.41) is 3.32. The van der Waals surface area contributed by atoms with E-state index in [1.807, 2.05) is 19.2 Å². The SMILES string of the molecule is CNC(Cc1cccc(F)c1Br)c1ccc(Br)cc1C. The molecule has 0 aliphatic rings. The molecule has 0 amide bonds. The minimum Gasteiger partial charge on any atom is -0.313 e. The van der Waals surface area contributed by atoms with E-state index in [1.165, 1.54) is 17.2 Å². The highest BCUT2D eigenvalue weighted by Crippen LogP contribution is 2.28. The zero-order chi connectivity index (χ0) is 14.7. The van der Waals surface area contributed by atoms with Crippen LogP contribution in [0.15, 0.2) is 45.3 Å². The largest absolute Gasteiger partial charge is 0.313 e. The highest BCUT2D eigenvalue weighted by Gasteiger charge is 2.15. The van der Waals surface area contributed by atoms with E-state index in [0.717, 1.165) is 16.5 Å². The topological polar surface area (TPSA) is 12.0 Å². The number of aryl methyl sites for hydroxylation is 1. The van der Waals surface area contributed by atoms with Crippen molar-refractivity contribution in [2.75, 3.05) is 7.05 Å². The zero-order valence-corrected chi connectivity index (χ0v) is 14.6. The van der Waals surface area contributed by atoms with Crippen LogP contribution in [-0.4, -0.2) is 7.05 Å². The summed E-state index contributed by atoms with van der Waals surface area (Å²) >= 11 is 6.81. The third-order valence-corrected chi connectivity index (χ3v) is 4.79. The van der Waals surface area contributed by atoms with Gasteiger partial charge in [0.25, 0.3) is 0 Å². The number of rotatable bonds is 4. The summed E-state index contributed by atoms with van der Waals surface area (Å²) in [7, 11) is 1.93. The van der Waals surface area contributed by atoms with Crippen molar-refractivity contribution in [3.63, 3.8) is 0 Å². The molecule has 0 spiro atoms. The standard InChI is InChI=1S/C16H16Br2FN/c1-10-8-12(17)6-7-13(10)15(20-2)9-11-4-3-5-14(19)16(11)18/h3-8,15,20H,9H2,1-2H3. The third kappa shape index (κ3) is 3.48. The molecule has 1 nitrogen and oxygen atoms in total. The Bertz CT molecular complexity index is 613. The van der Waals surface area contributed by atoms with E-state index in [-0.39, 0.29) is 11.9 Å². The molecule has 2 aromatic carbocycles. The van der Waals surface area contributed by atoms with Crippen LogP contribution in [0.3, 0.4) is 0 Å². The van der Waals surface area contributed by atoms with Crippen LogP contribution in [0.25, 0.3) is 0 Å². The summed E-state index contributed by atoms with van der Waals surface area (Å²) in [6.07, 6.45) is 0.733. The predicted octanol–water partition coefficient (Wildman–Crippen LogP) is 5.16. The normalized spacial score (nSPS) is 12.4. The Morgan fingerprint density at radius 3 is 2.60 bits per heavy atom. The van der Waals surface area contributed by atoms with Gasteiger partial charge < -0.3 is 5.32 Å². The van der Waals surface area contributed by atoms with Gasteiger partial charge in [0, 0.05) is 10.5 Å². The van der Waals surface area contributed by atoms with Crippen LogP contribution in [0.2, 0.25) is 0 Å². The molecule has 0 aliphatic carbocycles.